The van der Waals surface area contributed by atoms with Crippen LogP contribution in [-0.2, 0) is 4.84 Å². The van der Waals surface area contributed by atoms with Crippen molar-refractivity contribution in [3.05, 3.63) is 24.3 Å². The van der Waals surface area contributed by atoms with Crippen LogP contribution in [-0.4, -0.2) is 23.0 Å². The summed E-state index contributed by atoms with van der Waals surface area (Å²) in [6.45, 7) is 8.01. The predicted octanol–water partition coefficient (Wildman–Crippen LogP) is 2.96. The Morgan fingerprint density at radius 3 is 2.35 bits per heavy atom. The van der Waals surface area contributed by atoms with Crippen molar-refractivity contribution in [1.29, 1.82) is 0 Å². The lowest BCUT2D eigenvalue weighted by atomic mass is 10.2. The molecule has 0 saturated heterocycles. The molecule has 0 aliphatic rings. The first kappa shape index (κ1) is 13.4. The molecule has 4 heteroatoms. The molecule has 17 heavy (non-hydrogen) atoms. The van der Waals surface area contributed by atoms with Crippen LogP contribution in [0.15, 0.2) is 29.4 Å². The van der Waals surface area contributed by atoms with E-state index in [4.69, 9.17) is 14.7 Å². The first-order valence-corrected chi connectivity index (χ1v) is 5.50. The normalized spacial score (nSPS) is 12.4. The third kappa shape index (κ3) is 5.80. The van der Waals surface area contributed by atoms with Gasteiger partial charge in [-0.05, 0) is 52.0 Å². The van der Waals surface area contributed by atoms with E-state index in [9.17, 15) is 0 Å². The van der Waals surface area contributed by atoms with Crippen LogP contribution >= 0.6 is 0 Å². The quantitative estimate of drug-likeness (QED) is 0.647. The lowest BCUT2D eigenvalue weighted by molar-refractivity contribution is 0.0000985. The number of phenols is 1. The number of aromatic hydroxyl groups is 1. The van der Waals surface area contributed by atoms with Gasteiger partial charge in [-0.15, -0.1) is 0 Å². The Kier molecular flexibility index (Phi) is 4.37. The summed E-state index contributed by atoms with van der Waals surface area (Å²) in [4.78, 5) is 5.27. The minimum Gasteiger partial charge on any atom is -0.508 e. The van der Waals surface area contributed by atoms with Crippen LogP contribution in [0.3, 0.4) is 0 Å². The minimum atomic E-state index is -0.292. The SMILES string of the molecule is CC(COc1ccc(O)cc1)=NOC(C)(C)C. The van der Waals surface area contributed by atoms with Gasteiger partial charge in [0.2, 0.25) is 0 Å². The van der Waals surface area contributed by atoms with E-state index in [1.807, 2.05) is 27.7 Å². The molecule has 0 aliphatic carbocycles. The summed E-state index contributed by atoms with van der Waals surface area (Å²) in [5.74, 6) is 0.909. The lowest BCUT2D eigenvalue weighted by Gasteiger charge is -2.16. The third-order valence-electron chi connectivity index (χ3n) is 1.76. The number of hydrogen-bond acceptors (Lipinski definition) is 4. The standard InChI is InChI=1S/C13H19NO3/c1-10(14-17-13(2,3)4)9-16-12-7-5-11(15)6-8-12/h5-8,15H,9H2,1-4H3. The van der Waals surface area contributed by atoms with Gasteiger partial charge in [-0.1, -0.05) is 5.16 Å². The molecule has 1 rings (SSSR count). The Bertz CT molecular complexity index is 377. The molecule has 1 N–H and O–H groups in total. The molecule has 0 saturated carbocycles. The predicted molar refractivity (Wildman–Crippen MR) is 67.5 cm³/mol. The van der Waals surface area contributed by atoms with E-state index in [0.29, 0.717) is 12.4 Å². The zero-order valence-corrected chi connectivity index (χ0v) is 10.7. The summed E-state index contributed by atoms with van der Waals surface area (Å²) in [5, 5.41) is 13.1. The highest BCUT2D eigenvalue weighted by Gasteiger charge is 2.10. The Labute approximate surface area is 102 Å². The van der Waals surface area contributed by atoms with Crippen LogP contribution in [0, 0.1) is 0 Å². The number of oxime groups is 1. The fraction of sp³-hybridized carbons (Fsp3) is 0.462. The monoisotopic (exact) mass is 237 g/mol. The topological polar surface area (TPSA) is 51.0 Å². The van der Waals surface area contributed by atoms with E-state index in [0.717, 1.165) is 5.71 Å². The maximum atomic E-state index is 9.11. The van der Waals surface area contributed by atoms with Crippen molar-refractivity contribution in [2.75, 3.05) is 6.61 Å². The molecule has 4 nitrogen and oxygen atoms in total. The largest absolute Gasteiger partial charge is 0.508 e. The van der Waals surface area contributed by atoms with Gasteiger partial charge < -0.3 is 14.7 Å². The van der Waals surface area contributed by atoms with Crippen LogP contribution < -0.4 is 4.74 Å². The van der Waals surface area contributed by atoms with Crippen LogP contribution in [0.5, 0.6) is 11.5 Å². The molecule has 0 spiro atoms. The average molecular weight is 237 g/mol. The van der Waals surface area contributed by atoms with Crippen molar-refractivity contribution in [3.63, 3.8) is 0 Å². The zero-order valence-electron chi connectivity index (χ0n) is 10.7. The molecule has 0 aromatic heterocycles. The number of nitrogens with zero attached hydrogens (tertiary/aromatic N) is 1. The maximum absolute atomic E-state index is 9.11. The first-order valence-electron chi connectivity index (χ1n) is 5.50. The van der Waals surface area contributed by atoms with Gasteiger partial charge in [0.25, 0.3) is 0 Å². The second-order valence-corrected chi connectivity index (χ2v) is 4.81. The van der Waals surface area contributed by atoms with Crippen LogP contribution in [0.1, 0.15) is 27.7 Å². The second-order valence-electron chi connectivity index (χ2n) is 4.81. The molecule has 0 fully saturated rings. The van der Waals surface area contributed by atoms with E-state index >= 15 is 0 Å². The Morgan fingerprint density at radius 2 is 1.82 bits per heavy atom. The highest BCUT2D eigenvalue weighted by Crippen LogP contribution is 2.15. The van der Waals surface area contributed by atoms with Gasteiger partial charge in [-0.2, -0.15) is 0 Å². The van der Waals surface area contributed by atoms with E-state index in [1.54, 1.807) is 24.3 Å². The molecule has 94 valence electrons. The molecule has 0 atom stereocenters. The Morgan fingerprint density at radius 1 is 1.24 bits per heavy atom. The van der Waals surface area contributed by atoms with Gasteiger partial charge in [-0.25, -0.2) is 0 Å². The molecular weight excluding hydrogens is 218 g/mol. The Hall–Kier alpha value is -1.71. The van der Waals surface area contributed by atoms with Gasteiger partial charge in [-0.3, -0.25) is 0 Å². The molecule has 1 aromatic rings. The number of hydrogen-bond donors (Lipinski definition) is 1. The summed E-state index contributed by atoms with van der Waals surface area (Å²) in [6, 6.07) is 6.56. The van der Waals surface area contributed by atoms with E-state index < -0.39 is 0 Å². The minimum absolute atomic E-state index is 0.221. The summed E-state index contributed by atoms with van der Waals surface area (Å²) < 4.78 is 5.47. The van der Waals surface area contributed by atoms with Gasteiger partial charge >= 0.3 is 0 Å². The molecule has 0 aliphatic heterocycles. The van der Waals surface area contributed by atoms with E-state index in [-0.39, 0.29) is 11.4 Å². The first-order chi connectivity index (χ1) is 7.87. The maximum Gasteiger partial charge on any atom is 0.129 e. The van der Waals surface area contributed by atoms with Gasteiger partial charge in [0.15, 0.2) is 0 Å². The summed E-state index contributed by atoms with van der Waals surface area (Å²) in [7, 11) is 0. The highest BCUT2D eigenvalue weighted by molar-refractivity contribution is 5.82. The van der Waals surface area contributed by atoms with Crippen LogP contribution in [0.4, 0.5) is 0 Å². The molecule has 1 aromatic carbocycles. The highest BCUT2D eigenvalue weighted by atomic mass is 16.6. The fourth-order valence-electron chi connectivity index (χ4n) is 0.971. The summed E-state index contributed by atoms with van der Waals surface area (Å²) in [5.41, 5.74) is 0.466. The molecule has 0 unspecified atom stereocenters. The van der Waals surface area contributed by atoms with Crippen molar-refractivity contribution in [2.24, 2.45) is 5.16 Å². The number of phenolic OH excluding ortho intramolecular Hbond substituents is 1. The van der Waals surface area contributed by atoms with Crippen molar-refractivity contribution in [3.8, 4) is 11.5 Å². The van der Waals surface area contributed by atoms with Gasteiger partial charge in [0.05, 0.1) is 5.71 Å². The summed E-state index contributed by atoms with van der Waals surface area (Å²) in [6.07, 6.45) is 0. The van der Waals surface area contributed by atoms with Crippen molar-refractivity contribution in [2.45, 2.75) is 33.3 Å². The average Bonchev–Trinajstić information content (AvgIpc) is 2.25. The summed E-state index contributed by atoms with van der Waals surface area (Å²) >= 11 is 0. The fourth-order valence-corrected chi connectivity index (χ4v) is 0.971. The number of benzene rings is 1. The van der Waals surface area contributed by atoms with Gasteiger partial charge in [0, 0.05) is 0 Å². The number of ether oxygens (including phenoxy) is 1. The zero-order chi connectivity index (χ0) is 12.9. The molecule has 0 bridgehead atoms. The lowest BCUT2D eigenvalue weighted by Crippen LogP contribution is -2.18. The smallest absolute Gasteiger partial charge is 0.129 e. The van der Waals surface area contributed by atoms with E-state index in [1.165, 1.54) is 0 Å². The third-order valence-corrected chi connectivity index (χ3v) is 1.76. The second kappa shape index (κ2) is 5.57. The molecule has 0 heterocycles. The van der Waals surface area contributed by atoms with Crippen LogP contribution in [0.2, 0.25) is 0 Å². The van der Waals surface area contributed by atoms with Crippen LogP contribution in [0.25, 0.3) is 0 Å². The van der Waals surface area contributed by atoms with Gasteiger partial charge in [0.1, 0.15) is 23.7 Å². The van der Waals surface area contributed by atoms with Crippen molar-refractivity contribution < 1.29 is 14.7 Å². The molecule has 0 amide bonds. The molecule has 0 radical (unpaired) electrons. The number of rotatable bonds is 4. The molecular formula is C13H19NO3. The van der Waals surface area contributed by atoms with Crippen molar-refractivity contribution >= 4 is 5.71 Å². The Balaban J connectivity index is 2.42. The van der Waals surface area contributed by atoms with E-state index in [2.05, 4.69) is 5.16 Å². The van der Waals surface area contributed by atoms with Crippen molar-refractivity contribution in [1.82, 2.24) is 0 Å².